The van der Waals surface area contributed by atoms with Gasteiger partial charge in [0, 0.05) is 82.2 Å². The molecular formula is C61H63BBrF8N10O6. The lowest BCUT2D eigenvalue weighted by atomic mass is 9.82. The van der Waals surface area contributed by atoms with Crippen molar-refractivity contribution in [3.8, 4) is 0 Å². The third-order valence-corrected chi connectivity index (χ3v) is 15.2. The SMILES string of the molecule is C[C@@H](Br)C(=O)Nc1ccc(F)cn1.C[C@@H](C(=O)Nc1ccc(F)cn1)N1CCC(F)(F)[C@@H](c2ccc(=O)n(Cc3ccccc3)c2)C1.O=C[B]N1CCC(F)(F)C(c2ccc(=O)[nH]c2)C1.O=c1ccc(C2CNCCC2(F)F)cn1Cc1ccccc1. The number of pyridine rings is 5. The van der Waals surface area contributed by atoms with Gasteiger partial charge in [-0.05, 0) is 79.0 Å². The van der Waals surface area contributed by atoms with Crippen LogP contribution in [-0.4, -0.2) is 127 Å². The molecule has 7 aromatic rings. The van der Waals surface area contributed by atoms with E-state index in [0.29, 0.717) is 41.8 Å². The summed E-state index contributed by atoms with van der Waals surface area (Å²) >= 11 is 3.10. The number of hydrogen-bond acceptors (Lipinski definition) is 11. The number of carbonyl (C=O) groups is 3. The number of alkyl halides is 7. The Labute approximate surface area is 504 Å². The van der Waals surface area contributed by atoms with Crippen LogP contribution in [0.2, 0.25) is 0 Å². The van der Waals surface area contributed by atoms with E-state index in [1.807, 2.05) is 60.7 Å². The van der Waals surface area contributed by atoms with Crippen molar-refractivity contribution >= 4 is 53.0 Å². The van der Waals surface area contributed by atoms with Crippen molar-refractivity contribution in [2.24, 2.45) is 0 Å². The maximum Gasteiger partial charge on any atom is 0.293 e. The van der Waals surface area contributed by atoms with Crippen molar-refractivity contribution in [1.29, 1.82) is 0 Å². The number of benzene rings is 2. The number of anilines is 2. The Morgan fingerprint density at radius 2 is 1.14 bits per heavy atom. The number of hydrogen-bond donors (Lipinski definition) is 4. The van der Waals surface area contributed by atoms with Crippen molar-refractivity contribution in [2.75, 3.05) is 49.9 Å². The minimum Gasteiger partial charge on any atom is -0.339 e. The third kappa shape index (κ3) is 19.3. The first-order valence-corrected chi connectivity index (χ1v) is 28.6. The number of nitrogens with one attached hydrogen (secondary N) is 4. The van der Waals surface area contributed by atoms with Crippen molar-refractivity contribution in [1.82, 2.24) is 39.1 Å². The summed E-state index contributed by atoms with van der Waals surface area (Å²) < 4.78 is 114. The van der Waals surface area contributed by atoms with E-state index in [2.05, 4.69) is 46.8 Å². The van der Waals surface area contributed by atoms with Crippen molar-refractivity contribution < 1.29 is 49.5 Å². The van der Waals surface area contributed by atoms with Gasteiger partial charge in [0.05, 0.1) is 60.3 Å². The molecule has 1 radical (unpaired) electrons. The molecule has 0 bridgehead atoms. The fourth-order valence-corrected chi connectivity index (χ4v) is 9.91. The second kappa shape index (κ2) is 30.6. The van der Waals surface area contributed by atoms with Crippen LogP contribution >= 0.6 is 15.9 Å². The zero-order valence-corrected chi connectivity index (χ0v) is 48.9. The molecule has 5 atom stereocenters. The van der Waals surface area contributed by atoms with Crippen LogP contribution < -0.4 is 32.6 Å². The number of piperidine rings is 3. The maximum absolute atomic E-state index is 15.0. The predicted molar refractivity (Wildman–Crippen MR) is 318 cm³/mol. The van der Waals surface area contributed by atoms with Crippen LogP contribution in [0.15, 0.2) is 167 Å². The molecule has 3 aliphatic rings. The van der Waals surface area contributed by atoms with Crippen molar-refractivity contribution in [2.45, 2.75) is 92.6 Å². The number of rotatable bonds is 14. The number of carbonyl (C=O) groups excluding carboxylic acids is 3. The highest BCUT2D eigenvalue weighted by atomic mass is 79.9. The highest BCUT2D eigenvalue weighted by Crippen LogP contribution is 2.42. The number of nitrogens with zero attached hydrogens (tertiary/aromatic N) is 6. The van der Waals surface area contributed by atoms with Crippen LogP contribution in [0, 0.1) is 11.6 Å². The minimum atomic E-state index is -2.99. The Bertz CT molecular complexity index is 3550. The van der Waals surface area contributed by atoms with Crippen molar-refractivity contribution in [3.63, 3.8) is 0 Å². The van der Waals surface area contributed by atoms with Crippen LogP contribution in [0.5, 0.6) is 0 Å². The molecule has 3 saturated heterocycles. The molecule has 26 heteroatoms. The molecule has 5 aromatic heterocycles. The van der Waals surface area contributed by atoms with Crippen molar-refractivity contribution in [3.05, 3.63) is 223 Å². The molecule has 3 aliphatic heterocycles. The van der Waals surface area contributed by atoms with Gasteiger partial charge in [-0.2, -0.15) is 0 Å². The lowest BCUT2D eigenvalue weighted by molar-refractivity contribution is -0.125. The molecule has 87 heavy (non-hydrogen) atoms. The molecule has 8 heterocycles. The number of aromatic nitrogens is 5. The van der Waals surface area contributed by atoms with E-state index in [-0.39, 0.29) is 85.3 Å². The highest BCUT2D eigenvalue weighted by molar-refractivity contribution is 9.10. The number of halogens is 9. The van der Waals surface area contributed by atoms with Gasteiger partial charge in [0.15, 0.2) is 0 Å². The molecule has 3 fully saturated rings. The van der Waals surface area contributed by atoms with E-state index in [0.717, 1.165) is 23.5 Å². The first-order chi connectivity index (χ1) is 41.4. The Kier molecular flexibility index (Phi) is 23.4. The van der Waals surface area contributed by atoms with E-state index in [1.54, 1.807) is 29.8 Å². The average molecular weight is 1270 g/mol. The van der Waals surface area contributed by atoms with E-state index < -0.39 is 65.5 Å². The first kappa shape index (κ1) is 66.6. The summed E-state index contributed by atoms with van der Waals surface area (Å²) in [6.07, 6.45) is 6.11. The minimum absolute atomic E-state index is 0.0403. The van der Waals surface area contributed by atoms with Crippen LogP contribution in [0.1, 0.15) is 78.7 Å². The Balaban J connectivity index is 0.000000177. The van der Waals surface area contributed by atoms with Gasteiger partial charge in [0.2, 0.25) is 17.4 Å². The van der Waals surface area contributed by atoms with Gasteiger partial charge in [-0.1, -0.05) is 94.8 Å². The molecule has 4 N–H and O–H groups in total. The average Bonchev–Trinajstić information content (AvgIpc) is 1.87. The standard InChI is InChI=1S/C25H25F3N4O2.C17H18F2N2O.C11H12BF2N2O2.C8H8BrFN2O/c1-17(24(34)30-22-9-8-20(26)13-29-22)31-12-11-25(27,28)21(16-31)19-7-10-23(33)32(15-19)14-18-5-3-2-4-6-18;18-17(19)8-9-20-10-15(17)14-6-7-16(22)21(12-14)11-13-4-2-1-3-5-13;13-11(14)3-4-16(12-7-17)6-9(11)8-1-2-10(18)15-5-8;1-5(9)8(13)12-7-3-2-6(10)4-11-7/h2-10,13,15,17,21H,11-12,14,16H2,1H3,(H,29,30,34);1-7,12,15,20H,8-11H2;1-2,5,7,9H,3-4,6H2,(H,15,18);2-5H,1H3,(H,11,12,13)/t17-,21+;;;5-/m0..1/s1. The summed E-state index contributed by atoms with van der Waals surface area (Å²) in [5.41, 5.74) is 2.31. The van der Waals surface area contributed by atoms with Gasteiger partial charge < -0.3 is 39.7 Å². The fraction of sp³-hybridized carbons (Fsp3) is 0.344. The number of amides is 2. The zero-order valence-electron chi connectivity index (χ0n) is 47.3. The molecule has 459 valence electrons. The summed E-state index contributed by atoms with van der Waals surface area (Å²) in [5, 5.41) is 8.10. The first-order valence-electron chi connectivity index (χ1n) is 27.7. The van der Waals surface area contributed by atoms with Crippen LogP contribution in [-0.2, 0) is 27.5 Å². The molecule has 10 rings (SSSR count). The Morgan fingerprint density at radius 3 is 1.62 bits per heavy atom. The second-order valence-electron chi connectivity index (χ2n) is 21.0. The van der Waals surface area contributed by atoms with E-state index in [4.69, 9.17) is 0 Å². The number of H-pyrrole nitrogens is 1. The molecule has 0 saturated carbocycles. The van der Waals surface area contributed by atoms with E-state index >= 15 is 0 Å². The van der Waals surface area contributed by atoms with Gasteiger partial charge in [0.25, 0.3) is 36.3 Å². The molecule has 2 amide bonds. The molecule has 2 unspecified atom stereocenters. The van der Waals surface area contributed by atoms with E-state index in [9.17, 15) is 63.9 Å². The van der Waals surface area contributed by atoms with Crippen LogP contribution in [0.4, 0.5) is 46.8 Å². The molecule has 16 nitrogen and oxygen atoms in total. The fourth-order valence-electron chi connectivity index (χ4n) is 9.79. The van der Waals surface area contributed by atoms with E-state index in [1.165, 1.54) is 89.6 Å². The number of aromatic amines is 1. The Morgan fingerprint density at radius 1 is 0.644 bits per heavy atom. The summed E-state index contributed by atoms with van der Waals surface area (Å²) in [6.45, 7) is 4.76. The van der Waals surface area contributed by atoms with Gasteiger partial charge in [-0.3, -0.25) is 28.9 Å². The molecular weight excluding hydrogens is 1210 g/mol. The summed E-state index contributed by atoms with van der Waals surface area (Å²) in [4.78, 5) is 82.3. The lowest BCUT2D eigenvalue weighted by Gasteiger charge is -2.40. The van der Waals surface area contributed by atoms with Crippen LogP contribution in [0.25, 0.3) is 0 Å². The number of likely N-dealkylation sites (tertiary alicyclic amines) is 1. The largest absolute Gasteiger partial charge is 0.339 e. The van der Waals surface area contributed by atoms with Gasteiger partial charge >= 0.3 is 0 Å². The summed E-state index contributed by atoms with van der Waals surface area (Å²) in [6, 6.07) is 31.5. The summed E-state index contributed by atoms with van der Waals surface area (Å²) in [5.74, 6) is -12.7. The summed E-state index contributed by atoms with van der Waals surface area (Å²) in [7, 11) is 1.27. The molecule has 0 spiro atoms. The molecule has 0 aliphatic carbocycles. The monoisotopic (exact) mass is 1270 g/mol. The normalized spacial score (nSPS) is 19.3. The third-order valence-electron chi connectivity index (χ3n) is 14.7. The highest BCUT2D eigenvalue weighted by Gasteiger charge is 2.47. The zero-order chi connectivity index (χ0) is 62.9. The lowest BCUT2D eigenvalue weighted by Crippen LogP contribution is -2.52. The maximum atomic E-state index is 15.0. The topological polar surface area (TPSA) is 196 Å². The predicted octanol–water partition coefficient (Wildman–Crippen LogP) is 9.04. The van der Waals surface area contributed by atoms with Gasteiger partial charge in [-0.25, -0.2) is 45.1 Å². The quantitative estimate of drug-likeness (QED) is 0.0351. The molecule has 2 aromatic carbocycles. The Hall–Kier alpha value is -7.94. The van der Waals surface area contributed by atoms with Gasteiger partial charge in [-0.15, -0.1) is 0 Å². The smallest absolute Gasteiger partial charge is 0.293 e. The second-order valence-corrected chi connectivity index (χ2v) is 22.4. The van der Waals surface area contributed by atoms with Crippen LogP contribution in [0.3, 0.4) is 0 Å². The van der Waals surface area contributed by atoms with Gasteiger partial charge in [0.1, 0.15) is 23.3 Å².